The average Bonchev–Trinajstić information content (AvgIpc) is 3.29. The zero-order chi connectivity index (χ0) is 25.5. The number of para-hydroxylation sites is 1. The normalized spacial score (nSPS) is 12.3. The van der Waals surface area contributed by atoms with E-state index in [0.717, 1.165) is 28.5 Å². The van der Waals surface area contributed by atoms with Gasteiger partial charge in [-0.3, -0.25) is 9.36 Å². The number of thioether (sulfide) groups is 1. The minimum Gasteiger partial charge on any atom is -0.378 e. The fourth-order valence-corrected chi connectivity index (χ4v) is 4.38. The number of hydrogen-bond acceptors (Lipinski definition) is 6. The highest BCUT2D eigenvalue weighted by Crippen LogP contribution is 2.26. The molecule has 0 aliphatic rings. The summed E-state index contributed by atoms with van der Waals surface area (Å²) in [5, 5.41) is 17.3. The molecule has 0 spiro atoms. The van der Waals surface area contributed by atoms with Gasteiger partial charge < -0.3 is 5.32 Å². The van der Waals surface area contributed by atoms with E-state index in [2.05, 4.69) is 26.0 Å². The van der Waals surface area contributed by atoms with E-state index in [-0.39, 0.29) is 5.91 Å². The lowest BCUT2D eigenvalue weighted by atomic mass is 10.1. The van der Waals surface area contributed by atoms with Gasteiger partial charge in [0.2, 0.25) is 0 Å². The number of nitrogens with one attached hydrogen (secondary N) is 2. The van der Waals surface area contributed by atoms with Crippen LogP contribution in [0, 0.1) is 6.92 Å². The number of carbonyl (C=O) groups excluding carboxylic acids is 1. The van der Waals surface area contributed by atoms with Crippen molar-refractivity contribution in [2.75, 3.05) is 5.32 Å². The number of nitrogens with zero attached hydrogens (tertiary/aromatic N) is 4. The van der Waals surface area contributed by atoms with E-state index in [1.165, 1.54) is 17.3 Å². The Labute approximate surface area is 220 Å². The third-order valence-electron chi connectivity index (χ3n) is 5.46. The number of amides is 1. The van der Waals surface area contributed by atoms with Crippen LogP contribution in [0.5, 0.6) is 0 Å². The molecule has 1 amide bonds. The molecule has 1 atom stereocenters. The second-order valence-corrected chi connectivity index (χ2v) is 9.97. The van der Waals surface area contributed by atoms with Crippen molar-refractivity contribution in [3.05, 3.63) is 101 Å². The molecule has 9 heteroatoms. The number of hydrogen-bond donors (Lipinski definition) is 2. The smallest absolute Gasteiger partial charge is 0.253 e. The van der Waals surface area contributed by atoms with E-state index in [1.807, 2.05) is 104 Å². The van der Waals surface area contributed by atoms with Crippen LogP contribution in [0.15, 0.2) is 89.1 Å². The van der Waals surface area contributed by atoms with Gasteiger partial charge in [-0.1, -0.05) is 71.4 Å². The minimum atomic E-state index is -0.441. The van der Waals surface area contributed by atoms with Gasteiger partial charge in [-0.05, 0) is 62.7 Å². The van der Waals surface area contributed by atoms with E-state index >= 15 is 0 Å². The summed E-state index contributed by atoms with van der Waals surface area (Å²) in [5.41, 5.74) is 7.39. The average molecular weight is 519 g/mol. The van der Waals surface area contributed by atoms with Crippen LogP contribution in [-0.4, -0.2) is 31.6 Å². The second kappa shape index (κ2) is 11.9. The lowest BCUT2D eigenvalue weighted by Gasteiger charge is -2.13. The quantitative estimate of drug-likeness (QED) is 0.165. The predicted molar refractivity (Wildman–Crippen MR) is 147 cm³/mol. The maximum atomic E-state index is 12.8. The van der Waals surface area contributed by atoms with Gasteiger partial charge in [-0.15, -0.1) is 10.2 Å². The minimum absolute atomic E-state index is 0.213. The Balaban J connectivity index is 1.48. The molecule has 4 rings (SSSR count). The first-order chi connectivity index (χ1) is 17.4. The first-order valence-corrected chi connectivity index (χ1v) is 12.7. The van der Waals surface area contributed by atoms with Crippen molar-refractivity contribution >= 4 is 40.7 Å². The second-order valence-electron chi connectivity index (χ2n) is 8.23. The van der Waals surface area contributed by atoms with Gasteiger partial charge >= 0.3 is 0 Å². The van der Waals surface area contributed by atoms with Gasteiger partial charge in [0.25, 0.3) is 5.91 Å². The summed E-state index contributed by atoms with van der Waals surface area (Å²) in [5.74, 6) is 0.509. The summed E-state index contributed by atoms with van der Waals surface area (Å²) < 4.78 is 1.96. The number of aromatic nitrogens is 3. The van der Waals surface area contributed by atoms with Crippen molar-refractivity contribution in [2.24, 2.45) is 5.10 Å². The standard InChI is InChI=1S/C27H27ClN6OS/c1-18-9-11-21(12-10-18)19(2)30-32-26(35)20(3)36-27-33-31-25(34(27)24-7-5-4-6-8-24)17-29-23-15-13-22(28)14-16-23/h4-16,20,29H,17H2,1-3H3,(H,32,35)/b30-19-/t20-/m0/s1. The van der Waals surface area contributed by atoms with Crippen LogP contribution in [0.3, 0.4) is 0 Å². The van der Waals surface area contributed by atoms with Crippen molar-refractivity contribution in [3.8, 4) is 5.69 Å². The maximum Gasteiger partial charge on any atom is 0.253 e. The topological polar surface area (TPSA) is 84.2 Å². The van der Waals surface area contributed by atoms with Crippen LogP contribution in [0.4, 0.5) is 5.69 Å². The first-order valence-electron chi connectivity index (χ1n) is 11.5. The van der Waals surface area contributed by atoms with Crippen molar-refractivity contribution in [3.63, 3.8) is 0 Å². The molecule has 0 saturated carbocycles. The van der Waals surface area contributed by atoms with Crippen LogP contribution in [-0.2, 0) is 11.3 Å². The third kappa shape index (κ3) is 6.53. The lowest BCUT2D eigenvalue weighted by molar-refractivity contribution is -0.120. The molecule has 1 heterocycles. The van der Waals surface area contributed by atoms with E-state index < -0.39 is 5.25 Å². The zero-order valence-corrected chi connectivity index (χ0v) is 21.8. The molecule has 1 aromatic heterocycles. The molecule has 0 unspecified atom stereocenters. The molecule has 0 saturated heterocycles. The Morgan fingerprint density at radius 1 is 1.03 bits per heavy atom. The number of rotatable bonds is 9. The van der Waals surface area contributed by atoms with Crippen LogP contribution in [0.1, 0.15) is 30.8 Å². The Hall–Kier alpha value is -3.62. The number of benzene rings is 3. The van der Waals surface area contributed by atoms with Gasteiger partial charge in [-0.25, -0.2) is 5.43 Å². The van der Waals surface area contributed by atoms with Gasteiger partial charge in [0.1, 0.15) is 0 Å². The molecule has 184 valence electrons. The Morgan fingerprint density at radius 3 is 2.42 bits per heavy atom. The molecule has 36 heavy (non-hydrogen) atoms. The van der Waals surface area contributed by atoms with E-state index in [9.17, 15) is 4.79 Å². The van der Waals surface area contributed by atoms with Gasteiger partial charge in [-0.2, -0.15) is 5.10 Å². The first kappa shape index (κ1) is 25.5. The van der Waals surface area contributed by atoms with Crippen LogP contribution in [0.2, 0.25) is 5.02 Å². The van der Waals surface area contributed by atoms with Gasteiger partial charge in [0.05, 0.1) is 17.5 Å². The monoisotopic (exact) mass is 518 g/mol. The Morgan fingerprint density at radius 2 is 1.72 bits per heavy atom. The largest absolute Gasteiger partial charge is 0.378 e. The molecule has 0 fully saturated rings. The van der Waals surface area contributed by atoms with Gasteiger partial charge in [0, 0.05) is 16.4 Å². The maximum absolute atomic E-state index is 12.8. The summed E-state index contributed by atoms with van der Waals surface area (Å²) in [6.45, 7) is 6.18. The summed E-state index contributed by atoms with van der Waals surface area (Å²) >= 11 is 7.32. The number of hydrazone groups is 1. The molecule has 0 aliphatic carbocycles. The van der Waals surface area contributed by atoms with Crippen molar-refractivity contribution in [1.82, 2.24) is 20.2 Å². The Kier molecular flexibility index (Phi) is 8.40. The fourth-order valence-electron chi connectivity index (χ4n) is 3.38. The molecule has 0 aliphatic heterocycles. The summed E-state index contributed by atoms with van der Waals surface area (Å²) in [6.07, 6.45) is 0. The molecule has 2 N–H and O–H groups in total. The highest BCUT2D eigenvalue weighted by Gasteiger charge is 2.21. The molecule has 3 aromatic carbocycles. The zero-order valence-electron chi connectivity index (χ0n) is 20.3. The Bertz CT molecular complexity index is 1340. The summed E-state index contributed by atoms with van der Waals surface area (Å²) in [4.78, 5) is 12.8. The summed E-state index contributed by atoms with van der Waals surface area (Å²) in [7, 11) is 0. The van der Waals surface area contributed by atoms with Gasteiger partial charge in [0.15, 0.2) is 11.0 Å². The highest BCUT2D eigenvalue weighted by molar-refractivity contribution is 8.00. The van der Waals surface area contributed by atoms with E-state index in [1.54, 1.807) is 0 Å². The number of carbonyl (C=O) groups is 1. The molecular weight excluding hydrogens is 492 g/mol. The molecule has 7 nitrogen and oxygen atoms in total. The fraction of sp³-hybridized carbons (Fsp3) is 0.185. The third-order valence-corrected chi connectivity index (χ3v) is 6.76. The number of anilines is 1. The van der Waals surface area contributed by atoms with Crippen LogP contribution < -0.4 is 10.7 Å². The summed E-state index contributed by atoms with van der Waals surface area (Å²) in [6, 6.07) is 25.3. The van der Waals surface area contributed by atoms with E-state index in [4.69, 9.17) is 11.6 Å². The predicted octanol–water partition coefficient (Wildman–Crippen LogP) is 5.86. The lowest BCUT2D eigenvalue weighted by Crippen LogP contribution is -2.28. The van der Waals surface area contributed by atoms with Crippen LogP contribution in [0.25, 0.3) is 5.69 Å². The molecule has 0 radical (unpaired) electrons. The number of aryl methyl sites for hydroxylation is 1. The van der Waals surface area contributed by atoms with Crippen molar-refractivity contribution < 1.29 is 4.79 Å². The molecule has 0 bridgehead atoms. The highest BCUT2D eigenvalue weighted by atomic mass is 35.5. The van der Waals surface area contributed by atoms with E-state index in [0.29, 0.717) is 16.7 Å². The van der Waals surface area contributed by atoms with Crippen molar-refractivity contribution in [2.45, 2.75) is 37.7 Å². The van der Waals surface area contributed by atoms with Crippen LogP contribution >= 0.6 is 23.4 Å². The molecular formula is C27H27ClN6OS. The molecule has 4 aromatic rings. The SMILES string of the molecule is C/C(=N/NC(=O)[C@H](C)Sc1nnc(CNc2ccc(Cl)cc2)n1-c1ccccc1)c1ccc(C)cc1. The number of halogens is 1. The van der Waals surface area contributed by atoms with Crippen molar-refractivity contribution in [1.29, 1.82) is 0 Å².